The number of fused-ring (bicyclic) bond motifs is 2. The van der Waals surface area contributed by atoms with Crippen LogP contribution in [0.1, 0.15) is 26.3 Å². The molecule has 0 atom stereocenters. The van der Waals surface area contributed by atoms with Crippen LogP contribution in [-0.4, -0.2) is 21.0 Å². The molecule has 1 aliphatic carbocycles. The topological polar surface area (TPSA) is 59.9 Å². The SMILES string of the molecule is O=C(Cl)c1ccc2c3c(ncnc13)-c1ccccc1C2=O. The lowest BCUT2D eigenvalue weighted by Gasteiger charge is -2.18. The molecule has 0 unspecified atom stereocenters. The summed E-state index contributed by atoms with van der Waals surface area (Å²) in [6, 6.07) is 10.4. The van der Waals surface area contributed by atoms with E-state index in [2.05, 4.69) is 9.97 Å². The number of hydrogen-bond donors (Lipinski definition) is 0. The zero-order valence-corrected chi connectivity index (χ0v) is 11.4. The first-order chi connectivity index (χ1) is 10.2. The highest BCUT2D eigenvalue weighted by molar-refractivity contribution is 6.68. The highest BCUT2D eigenvalue weighted by atomic mass is 35.5. The average Bonchev–Trinajstić information content (AvgIpc) is 2.51. The zero-order chi connectivity index (χ0) is 14.6. The minimum absolute atomic E-state index is 0.0912. The minimum atomic E-state index is -0.600. The van der Waals surface area contributed by atoms with Crippen LogP contribution in [0.2, 0.25) is 0 Å². The van der Waals surface area contributed by atoms with Crippen LogP contribution in [0.3, 0.4) is 0 Å². The van der Waals surface area contributed by atoms with Crippen LogP contribution in [0.4, 0.5) is 0 Å². The van der Waals surface area contributed by atoms with Gasteiger partial charge in [-0.25, -0.2) is 9.97 Å². The lowest BCUT2D eigenvalue weighted by molar-refractivity contribution is 0.103. The molecule has 5 heteroatoms. The van der Waals surface area contributed by atoms with Crippen molar-refractivity contribution in [2.75, 3.05) is 0 Å². The van der Waals surface area contributed by atoms with Crippen molar-refractivity contribution >= 4 is 33.5 Å². The molecule has 3 aromatic rings. The van der Waals surface area contributed by atoms with Crippen LogP contribution >= 0.6 is 11.6 Å². The van der Waals surface area contributed by atoms with E-state index in [0.717, 1.165) is 5.56 Å². The molecule has 0 spiro atoms. The fraction of sp³-hybridized carbons (Fsp3) is 0. The van der Waals surface area contributed by atoms with Gasteiger partial charge in [-0.1, -0.05) is 24.3 Å². The number of nitrogens with zero attached hydrogens (tertiary/aromatic N) is 2. The van der Waals surface area contributed by atoms with Crippen LogP contribution in [0.15, 0.2) is 42.7 Å². The van der Waals surface area contributed by atoms with E-state index in [1.165, 1.54) is 12.4 Å². The van der Waals surface area contributed by atoms with Gasteiger partial charge in [-0.15, -0.1) is 0 Å². The van der Waals surface area contributed by atoms with Gasteiger partial charge >= 0.3 is 0 Å². The van der Waals surface area contributed by atoms with Crippen molar-refractivity contribution in [3.8, 4) is 11.3 Å². The Kier molecular flexibility index (Phi) is 2.43. The Morgan fingerprint density at radius 3 is 2.48 bits per heavy atom. The molecule has 21 heavy (non-hydrogen) atoms. The molecule has 0 N–H and O–H groups in total. The van der Waals surface area contributed by atoms with Gasteiger partial charge in [-0.05, 0) is 23.7 Å². The molecule has 0 fully saturated rings. The number of carbonyl (C=O) groups excluding carboxylic acids is 2. The van der Waals surface area contributed by atoms with E-state index in [4.69, 9.17) is 11.6 Å². The third-order valence-corrected chi connectivity index (χ3v) is 3.88. The van der Waals surface area contributed by atoms with E-state index in [9.17, 15) is 9.59 Å². The number of halogens is 1. The smallest absolute Gasteiger partial charge is 0.254 e. The van der Waals surface area contributed by atoms with E-state index in [-0.39, 0.29) is 11.3 Å². The number of hydrogen-bond acceptors (Lipinski definition) is 4. The predicted molar refractivity (Wildman–Crippen MR) is 78.6 cm³/mol. The van der Waals surface area contributed by atoms with Crippen LogP contribution in [0, 0.1) is 0 Å². The number of carbonyl (C=O) groups is 2. The Labute approximate surface area is 124 Å². The molecule has 1 heterocycles. The second kappa shape index (κ2) is 4.20. The summed E-state index contributed by atoms with van der Waals surface area (Å²) in [5.74, 6) is -0.0912. The molecule has 0 bridgehead atoms. The quantitative estimate of drug-likeness (QED) is 0.506. The summed E-state index contributed by atoms with van der Waals surface area (Å²) in [6.45, 7) is 0. The van der Waals surface area contributed by atoms with Gasteiger partial charge < -0.3 is 0 Å². The summed E-state index contributed by atoms with van der Waals surface area (Å²) >= 11 is 5.60. The van der Waals surface area contributed by atoms with Crippen LogP contribution < -0.4 is 0 Å². The molecule has 1 aromatic heterocycles. The van der Waals surface area contributed by atoms with Gasteiger partial charge in [0, 0.05) is 22.1 Å². The van der Waals surface area contributed by atoms with Crippen LogP contribution in [0.5, 0.6) is 0 Å². The monoisotopic (exact) mass is 294 g/mol. The maximum atomic E-state index is 12.6. The number of ketones is 1. The highest BCUT2D eigenvalue weighted by Gasteiger charge is 2.27. The molecule has 0 radical (unpaired) electrons. The van der Waals surface area contributed by atoms with Crippen molar-refractivity contribution in [3.63, 3.8) is 0 Å². The Bertz CT molecular complexity index is 950. The van der Waals surface area contributed by atoms with Gasteiger partial charge in [-0.3, -0.25) is 9.59 Å². The van der Waals surface area contributed by atoms with Gasteiger partial charge in [0.1, 0.15) is 6.33 Å². The molecular weight excluding hydrogens is 288 g/mol. The molecule has 4 nitrogen and oxygen atoms in total. The number of benzene rings is 2. The van der Waals surface area contributed by atoms with E-state index in [0.29, 0.717) is 27.7 Å². The first kappa shape index (κ1) is 12.2. The largest absolute Gasteiger partial charge is 0.289 e. The second-order valence-electron chi connectivity index (χ2n) is 4.75. The Morgan fingerprint density at radius 1 is 0.952 bits per heavy atom. The predicted octanol–water partition coefficient (Wildman–Crippen LogP) is 3.22. The van der Waals surface area contributed by atoms with Crippen molar-refractivity contribution in [1.82, 2.24) is 9.97 Å². The lowest BCUT2D eigenvalue weighted by atomic mass is 9.86. The van der Waals surface area contributed by atoms with Gasteiger partial charge in [0.15, 0.2) is 5.78 Å². The van der Waals surface area contributed by atoms with Crippen LogP contribution in [-0.2, 0) is 0 Å². The van der Waals surface area contributed by atoms with Gasteiger partial charge in [-0.2, -0.15) is 0 Å². The summed E-state index contributed by atoms with van der Waals surface area (Å²) < 4.78 is 0. The fourth-order valence-electron chi connectivity index (χ4n) is 2.76. The molecular formula is C16H7ClN2O2. The zero-order valence-electron chi connectivity index (χ0n) is 10.6. The summed E-state index contributed by atoms with van der Waals surface area (Å²) in [4.78, 5) is 32.6. The highest BCUT2D eigenvalue weighted by Crippen LogP contribution is 2.38. The molecule has 0 saturated carbocycles. The fourth-order valence-corrected chi connectivity index (χ4v) is 2.91. The van der Waals surface area contributed by atoms with Crippen molar-refractivity contribution in [1.29, 1.82) is 0 Å². The van der Waals surface area contributed by atoms with Gasteiger partial charge in [0.25, 0.3) is 5.24 Å². The summed E-state index contributed by atoms with van der Waals surface area (Å²) in [6.07, 6.45) is 1.39. The minimum Gasteiger partial charge on any atom is -0.289 e. The standard InChI is InChI=1S/C16H7ClN2O2/c17-16(21)11-6-5-10-12-13(18-7-19-14(11)12)8-3-1-2-4-9(8)15(10)20/h1-7H. The first-order valence-corrected chi connectivity index (χ1v) is 6.68. The Morgan fingerprint density at radius 2 is 1.71 bits per heavy atom. The second-order valence-corrected chi connectivity index (χ2v) is 5.10. The van der Waals surface area contributed by atoms with Gasteiger partial charge in [0.05, 0.1) is 16.8 Å². The third kappa shape index (κ3) is 1.56. The Balaban J connectivity index is 2.23. The molecule has 100 valence electrons. The van der Waals surface area contributed by atoms with E-state index in [1.54, 1.807) is 12.1 Å². The molecule has 4 rings (SSSR count). The normalized spacial score (nSPS) is 12.3. The van der Waals surface area contributed by atoms with E-state index < -0.39 is 5.24 Å². The summed E-state index contributed by atoms with van der Waals surface area (Å²) in [7, 11) is 0. The van der Waals surface area contributed by atoms with E-state index in [1.807, 2.05) is 18.2 Å². The average molecular weight is 295 g/mol. The summed E-state index contributed by atoms with van der Waals surface area (Å²) in [5.41, 5.74) is 3.22. The first-order valence-electron chi connectivity index (χ1n) is 6.30. The van der Waals surface area contributed by atoms with E-state index >= 15 is 0 Å². The molecule has 2 aromatic carbocycles. The molecule has 0 amide bonds. The maximum Gasteiger partial charge on any atom is 0.254 e. The van der Waals surface area contributed by atoms with Crippen molar-refractivity contribution < 1.29 is 9.59 Å². The van der Waals surface area contributed by atoms with Crippen molar-refractivity contribution in [2.45, 2.75) is 0 Å². The van der Waals surface area contributed by atoms with Crippen molar-refractivity contribution in [3.05, 3.63) is 59.4 Å². The van der Waals surface area contributed by atoms with Crippen LogP contribution in [0.25, 0.3) is 22.2 Å². The molecule has 0 saturated heterocycles. The van der Waals surface area contributed by atoms with Crippen molar-refractivity contribution in [2.24, 2.45) is 0 Å². The number of aromatic nitrogens is 2. The van der Waals surface area contributed by atoms with Gasteiger partial charge in [0.2, 0.25) is 0 Å². The molecule has 0 aliphatic heterocycles. The lowest BCUT2D eigenvalue weighted by Crippen LogP contribution is -2.12. The maximum absolute atomic E-state index is 12.6. The Hall–Kier alpha value is -2.59. The number of rotatable bonds is 1. The molecule has 1 aliphatic rings. The summed E-state index contributed by atoms with van der Waals surface area (Å²) in [5, 5.41) is -0.00907. The third-order valence-electron chi connectivity index (χ3n) is 3.67.